The van der Waals surface area contributed by atoms with Crippen molar-refractivity contribution in [3.05, 3.63) is 24.0 Å². The number of nitrogens with zero attached hydrogens (tertiary/aromatic N) is 3. The van der Waals surface area contributed by atoms with Crippen LogP contribution in [0.3, 0.4) is 0 Å². The first-order valence-corrected chi connectivity index (χ1v) is 14.0. The van der Waals surface area contributed by atoms with Gasteiger partial charge in [0.25, 0.3) is 5.92 Å². The number of nitriles is 1. The number of anilines is 1. The van der Waals surface area contributed by atoms with Crippen molar-refractivity contribution in [1.29, 1.82) is 5.26 Å². The molecule has 0 radical (unpaired) electrons. The lowest BCUT2D eigenvalue weighted by molar-refractivity contribution is -0.194. The molecule has 2 aliphatic carbocycles. The number of amides is 3. The highest BCUT2D eigenvalue weighted by atomic mass is 19.3. The minimum absolute atomic E-state index is 0.103. The molecule has 39 heavy (non-hydrogen) atoms. The number of carbonyl (C=O) groups excluding carboxylic acids is 3. The second-order valence-electron chi connectivity index (χ2n) is 11.7. The molecule has 9 nitrogen and oxygen atoms in total. The number of pyridine rings is 1. The summed E-state index contributed by atoms with van der Waals surface area (Å²) in [4.78, 5) is 45.5. The summed E-state index contributed by atoms with van der Waals surface area (Å²) in [5.74, 6) is -5.77. The Morgan fingerprint density at radius 3 is 2.69 bits per heavy atom. The van der Waals surface area contributed by atoms with Crippen LogP contribution in [0.15, 0.2) is 18.5 Å². The summed E-state index contributed by atoms with van der Waals surface area (Å²) >= 11 is 0. The Labute approximate surface area is 227 Å². The van der Waals surface area contributed by atoms with Crippen molar-refractivity contribution < 1.29 is 23.2 Å². The number of aryl methyl sites for hydroxylation is 1. The normalized spacial score (nSPS) is 29.1. The second-order valence-corrected chi connectivity index (χ2v) is 11.7. The number of aromatic nitrogens is 1. The molecule has 6 atom stereocenters. The SMILES string of the molecule is Cc1cncc(N[C@@H](CC2CC2)C(=O)N2[C@@H]3CC[C@H]([C@@H]2C(=O)N[C@H](C#N)C[C@H]2CCCNC2=O)C(F)(F)C3)c1. The first-order valence-electron chi connectivity index (χ1n) is 14.0. The predicted octanol–water partition coefficient (Wildman–Crippen LogP) is 2.91. The largest absolute Gasteiger partial charge is 0.372 e. The third-order valence-corrected chi connectivity index (χ3v) is 8.63. The molecular weight excluding hydrogens is 506 g/mol. The van der Waals surface area contributed by atoms with Crippen LogP contribution in [-0.2, 0) is 14.4 Å². The van der Waals surface area contributed by atoms with Crippen LogP contribution in [-0.4, -0.2) is 64.2 Å². The van der Waals surface area contributed by atoms with E-state index in [0.717, 1.165) is 24.8 Å². The molecule has 3 N–H and O–H groups in total. The van der Waals surface area contributed by atoms with E-state index < -0.39 is 54.3 Å². The van der Waals surface area contributed by atoms with Gasteiger partial charge < -0.3 is 20.9 Å². The molecule has 0 unspecified atom stereocenters. The smallest absolute Gasteiger partial charge is 0.255 e. The van der Waals surface area contributed by atoms with Crippen molar-refractivity contribution in [2.24, 2.45) is 17.8 Å². The number of hydrogen-bond donors (Lipinski definition) is 3. The maximum absolute atomic E-state index is 15.1. The fourth-order valence-corrected chi connectivity index (χ4v) is 6.49. The molecule has 2 saturated carbocycles. The quantitative estimate of drug-likeness (QED) is 0.440. The lowest BCUT2D eigenvalue weighted by Crippen LogP contribution is -2.70. The number of hydrogen-bond acceptors (Lipinski definition) is 6. The summed E-state index contributed by atoms with van der Waals surface area (Å²) in [5, 5.41) is 18.4. The van der Waals surface area contributed by atoms with Gasteiger partial charge in [-0.15, -0.1) is 0 Å². The van der Waals surface area contributed by atoms with Gasteiger partial charge in [0.15, 0.2) is 0 Å². The summed E-state index contributed by atoms with van der Waals surface area (Å²) in [6.07, 6.45) is 7.42. The fraction of sp³-hybridized carbons (Fsp3) is 0.679. The van der Waals surface area contributed by atoms with Crippen LogP contribution in [0, 0.1) is 36.0 Å². The van der Waals surface area contributed by atoms with E-state index in [0.29, 0.717) is 37.4 Å². The molecule has 210 valence electrons. The Bertz CT molecular complexity index is 1150. The maximum Gasteiger partial charge on any atom is 0.255 e. The van der Waals surface area contributed by atoms with Gasteiger partial charge >= 0.3 is 0 Å². The van der Waals surface area contributed by atoms with Crippen LogP contribution >= 0.6 is 0 Å². The first kappa shape index (κ1) is 27.3. The summed E-state index contributed by atoms with van der Waals surface area (Å²) in [5.41, 5.74) is 1.58. The Kier molecular flexibility index (Phi) is 7.74. The molecule has 1 aromatic heterocycles. The van der Waals surface area contributed by atoms with Gasteiger partial charge in [0, 0.05) is 37.3 Å². The zero-order chi connectivity index (χ0) is 27.7. The Balaban J connectivity index is 1.38. The van der Waals surface area contributed by atoms with E-state index >= 15 is 8.78 Å². The molecule has 1 aromatic rings. The number of rotatable bonds is 9. The number of nitrogens with one attached hydrogen (secondary N) is 3. The minimum Gasteiger partial charge on any atom is -0.372 e. The monoisotopic (exact) mass is 542 g/mol. The predicted molar refractivity (Wildman–Crippen MR) is 138 cm³/mol. The van der Waals surface area contributed by atoms with Crippen LogP contribution in [0.2, 0.25) is 0 Å². The van der Waals surface area contributed by atoms with Gasteiger partial charge in [-0.3, -0.25) is 19.4 Å². The average molecular weight is 543 g/mol. The summed E-state index contributed by atoms with van der Waals surface area (Å²) < 4.78 is 30.3. The van der Waals surface area contributed by atoms with Gasteiger partial charge in [-0.25, -0.2) is 8.78 Å². The second kappa shape index (κ2) is 11.1. The fourth-order valence-electron chi connectivity index (χ4n) is 6.49. The summed E-state index contributed by atoms with van der Waals surface area (Å²) in [6.45, 7) is 2.47. The van der Waals surface area contributed by atoms with E-state index in [1.807, 2.05) is 19.1 Å². The maximum atomic E-state index is 15.1. The Morgan fingerprint density at radius 1 is 1.23 bits per heavy atom. The van der Waals surface area contributed by atoms with Crippen LogP contribution in [0.1, 0.15) is 63.4 Å². The topological polar surface area (TPSA) is 127 Å². The van der Waals surface area contributed by atoms with E-state index in [4.69, 9.17) is 0 Å². The summed E-state index contributed by atoms with van der Waals surface area (Å²) in [6, 6.07) is 0.0543. The molecular formula is C28H36F2N6O3. The van der Waals surface area contributed by atoms with Crippen molar-refractivity contribution in [3.8, 4) is 6.07 Å². The van der Waals surface area contributed by atoms with Gasteiger partial charge in [-0.05, 0) is 63.0 Å². The van der Waals surface area contributed by atoms with Crippen molar-refractivity contribution in [1.82, 2.24) is 20.5 Å². The lowest BCUT2D eigenvalue weighted by Gasteiger charge is -2.54. The van der Waals surface area contributed by atoms with Crippen LogP contribution < -0.4 is 16.0 Å². The highest BCUT2D eigenvalue weighted by molar-refractivity contribution is 5.92. The number of fused-ring (bicyclic) bond motifs is 3. The van der Waals surface area contributed by atoms with Gasteiger partial charge in [-0.1, -0.05) is 12.8 Å². The molecule has 0 spiro atoms. The molecule has 3 aliphatic heterocycles. The molecule has 6 rings (SSSR count). The third kappa shape index (κ3) is 5.99. The Morgan fingerprint density at radius 2 is 2.03 bits per heavy atom. The first-order chi connectivity index (χ1) is 18.7. The molecule has 0 aromatic carbocycles. The number of carbonyl (C=O) groups is 3. The molecule has 3 saturated heterocycles. The lowest BCUT2D eigenvalue weighted by atomic mass is 9.71. The van der Waals surface area contributed by atoms with Crippen molar-refractivity contribution >= 4 is 23.4 Å². The molecule has 4 heterocycles. The van der Waals surface area contributed by atoms with Crippen LogP contribution in [0.4, 0.5) is 14.5 Å². The van der Waals surface area contributed by atoms with E-state index in [1.54, 1.807) is 12.4 Å². The molecule has 5 aliphatic rings. The van der Waals surface area contributed by atoms with E-state index in [-0.39, 0.29) is 24.7 Å². The highest BCUT2D eigenvalue weighted by Crippen LogP contribution is 2.49. The van der Waals surface area contributed by atoms with Crippen LogP contribution in [0.25, 0.3) is 0 Å². The third-order valence-electron chi connectivity index (χ3n) is 8.63. The van der Waals surface area contributed by atoms with Crippen molar-refractivity contribution in [2.45, 2.75) is 94.8 Å². The molecule has 3 amide bonds. The van der Waals surface area contributed by atoms with Gasteiger partial charge in [-0.2, -0.15) is 5.26 Å². The molecule has 5 fully saturated rings. The van der Waals surface area contributed by atoms with Gasteiger partial charge in [0.1, 0.15) is 18.1 Å². The highest BCUT2D eigenvalue weighted by Gasteiger charge is 2.61. The van der Waals surface area contributed by atoms with Gasteiger partial charge in [0.2, 0.25) is 17.7 Å². The minimum atomic E-state index is -3.09. The summed E-state index contributed by atoms with van der Waals surface area (Å²) in [7, 11) is 0. The standard InChI is InChI=1S/C28H36F2N6O3/c1-16-9-20(15-32-14-16)34-23(10-17-4-5-17)27(39)36-21-6-7-22(28(29,30)12-21)24(36)26(38)35-19(13-31)11-18-3-2-8-33-25(18)37/h9,14-15,17-19,21-24,34H,2-8,10-12H2,1H3,(H,33,37)(H,35,38)/t18-,19+,21-,22-,23+,24-/m1/s1. The molecule has 2 bridgehead atoms. The number of alkyl halides is 2. The number of halogens is 2. The van der Waals surface area contributed by atoms with Gasteiger partial charge in [0.05, 0.1) is 17.7 Å². The molecule has 11 heteroatoms. The van der Waals surface area contributed by atoms with E-state index in [2.05, 4.69) is 20.9 Å². The zero-order valence-corrected chi connectivity index (χ0v) is 22.2. The average Bonchev–Trinajstić information content (AvgIpc) is 3.72. The van der Waals surface area contributed by atoms with Crippen molar-refractivity contribution in [3.63, 3.8) is 0 Å². The Hall–Kier alpha value is -3.29. The van der Waals surface area contributed by atoms with E-state index in [9.17, 15) is 19.6 Å². The van der Waals surface area contributed by atoms with Crippen LogP contribution in [0.5, 0.6) is 0 Å². The number of piperidine rings is 3. The van der Waals surface area contributed by atoms with Crippen molar-refractivity contribution in [2.75, 3.05) is 11.9 Å². The zero-order valence-electron chi connectivity index (χ0n) is 22.2. The van der Waals surface area contributed by atoms with E-state index in [1.165, 1.54) is 4.90 Å².